The molecular formula is C29H30F3N3O5. The standard InChI is InChI=1S/C29H30F3N3O5/c30-29(31,32)22-12-7-13-23(18-22)33-26(36)24(15-14-20-8-3-1-4-9-20)34-27(37)25(35-28(38)39)16-17-40-19-21-10-5-2-6-11-21/h1-13,18,24-25,35H,14-17,19H2,(H,33,36)(H,34,37)(H,38,39)/t24-,25-/m0/s1. The lowest BCUT2D eigenvalue weighted by Gasteiger charge is -2.23. The average molecular weight is 558 g/mol. The van der Waals surface area contributed by atoms with Crippen molar-refractivity contribution in [2.24, 2.45) is 0 Å². The molecule has 0 radical (unpaired) electrons. The van der Waals surface area contributed by atoms with E-state index in [4.69, 9.17) is 4.74 Å². The summed E-state index contributed by atoms with van der Waals surface area (Å²) < 4.78 is 45.0. The van der Waals surface area contributed by atoms with E-state index in [9.17, 15) is 32.7 Å². The van der Waals surface area contributed by atoms with Crippen molar-refractivity contribution in [2.75, 3.05) is 11.9 Å². The lowest BCUT2D eigenvalue weighted by Crippen LogP contribution is -2.52. The second-order valence-electron chi connectivity index (χ2n) is 8.98. The monoisotopic (exact) mass is 557 g/mol. The maximum Gasteiger partial charge on any atom is 0.416 e. The number of alkyl halides is 3. The summed E-state index contributed by atoms with van der Waals surface area (Å²) in [6.45, 7) is 0.319. The molecule has 0 aliphatic carbocycles. The molecule has 0 heterocycles. The van der Waals surface area contributed by atoms with Crippen LogP contribution in [0.5, 0.6) is 0 Å². The molecule has 212 valence electrons. The highest BCUT2D eigenvalue weighted by Gasteiger charge is 2.31. The zero-order valence-corrected chi connectivity index (χ0v) is 21.5. The van der Waals surface area contributed by atoms with Crippen LogP contribution in [0.4, 0.5) is 23.7 Å². The highest BCUT2D eigenvalue weighted by molar-refractivity contribution is 5.98. The van der Waals surface area contributed by atoms with E-state index in [1.807, 2.05) is 60.7 Å². The number of halogens is 3. The number of carboxylic acid groups (broad SMARTS) is 1. The van der Waals surface area contributed by atoms with Crippen molar-refractivity contribution in [2.45, 2.75) is 44.1 Å². The molecule has 3 amide bonds. The van der Waals surface area contributed by atoms with Gasteiger partial charge in [0.15, 0.2) is 0 Å². The first-order chi connectivity index (χ1) is 19.1. The Morgan fingerprint density at radius 1 is 0.775 bits per heavy atom. The lowest BCUT2D eigenvalue weighted by atomic mass is 10.0. The molecular weight excluding hydrogens is 527 g/mol. The molecule has 40 heavy (non-hydrogen) atoms. The minimum absolute atomic E-state index is 0.00831. The summed E-state index contributed by atoms with van der Waals surface area (Å²) in [5.41, 5.74) is 0.759. The predicted octanol–water partition coefficient (Wildman–Crippen LogP) is 5.00. The first-order valence-corrected chi connectivity index (χ1v) is 12.6. The summed E-state index contributed by atoms with van der Waals surface area (Å²) >= 11 is 0. The number of hydrogen-bond acceptors (Lipinski definition) is 4. The molecule has 3 aromatic rings. The first kappa shape index (κ1) is 30.2. The normalized spacial score (nSPS) is 12.7. The highest BCUT2D eigenvalue weighted by atomic mass is 19.4. The van der Waals surface area contributed by atoms with Crippen molar-refractivity contribution in [3.8, 4) is 0 Å². The maximum atomic E-state index is 13.1. The van der Waals surface area contributed by atoms with Gasteiger partial charge in [-0.1, -0.05) is 66.7 Å². The van der Waals surface area contributed by atoms with Gasteiger partial charge in [-0.25, -0.2) is 4.79 Å². The molecule has 8 nitrogen and oxygen atoms in total. The third-order valence-corrected chi connectivity index (χ3v) is 5.93. The van der Waals surface area contributed by atoms with E-state index in [0.717, 1.165) is 29.3 Å². The van der Waals surface area contributed by atoms with Crippen molar-refractivity contribution in [1.82, 2.24) is 10.6 Å². The number of aryl methyl sites for hydroxylation is 1. The molecule has 3 aromatic carbocycles. The van der Waals surface area contributed by atoms with Gasteiger partial charge in [-0.2, -0.15) is 13.2 Å². The summed E-state index contributed by atoms with van der Waals surface area (Å²) in [7, 11) is 0. The SMILES string of the molecule is O=C(O)N[C@@H](CCOCc1ccccc1)C(=O)N[C@@H](CCc1ccccc1)C(=O)Nc1cccc(C(F)(F)F)c1. The Kier molecular flexibility index (Phi) is 11.1. The van der Waals surface area contributed by atoms with Crippen LogP contribution in [-0.2, 0) is 33.5 Å². The zero-order chi connectivity index (χ0) is 29.0. The van der Waals surface area contributed by atoms with Crippen molar-refractivity contribution in [1.29, 1.82) is 0 Å². The van der Waals surface area contributed by atoms with Crippen LogP contribution in [0, 0.1) is 0 Å². The minimum Gasteiger partial charge on any atom is -0.465 e. The van der Waals surface area contributed by atoms with E-state index in [1.165, 1.54) is 6.07 Å². The third-order valence-electron chi connectivity index (χ3n) is 5.93. The first-order valence-electron chi connectivity index (χ1n) is 12.6. The molecule has 4 N–H and O–H groups in total. The summed E-state index contributed by atoms with van der Waals surface area (Å²) in [5.74, 6) is -1.50. The summed E-state index contributed by atoms with van der Waals surface area (Å²) in [6.07, 6.45) is -5.55. The fraction of sp³-hybridized carbons (Fsp3) is 0.276. The molecule has 0 unspecified atom stereocenters. The smallest absolute Gasteiger partial charge is 0.416 e. The van der Waals surface area contributed by atoms with E-state index in [2.05, 4.69) is 16.0 Å². The lowest BCUT2D eigenvalue weighted by molar-refractivity contribution is -0.137. The van der Waals surface area contributed by atoms with E-state index in [1.54, 1.807) is 0 Å². The second kappa shape index (κ2) is 14.7. The largest absolute Gasteiger partial charge is 0.465 e. The number of carbonyl (C=O) groups is 3. The molecule has 0 saturated carbocycles. The van der Waals surface area contributed by atoms with E-state index in [0.29, 0.717) is 6.42 Å². The Balaban J connectivity index is 1.69. The quantitative estimate of drug-likeness (QED) is 0.221. The topological polar surface area (TPSA) is 117 Å². The molecule has 2 atom stereocenters. The minimum atomic E-state index is -4.60. The van der Waals surface area contributed by atoms with Crippen LogP contribution in [0.3, 0.4) is 0 Å². The maximum absolute atomic E-state index is 13.1. The zero-order valence-electron chi connectivity index (χ0n) is 21.5. The molecule has 0 saturated heterocycles. The Labute approximate surface area is 229 Å². The fourth-order valence-corrected chi connectivity index (χ4v) is 3.88. The molecule has 0 bridgehead atoms. The van der Waals surface area contributed by atoms with Gasteiger partial charge in [0.05, 0.1) is 12.2 Å². The van der Waals surface area contributed by atoms with Crippen LogP contribution in [0.1, 0.15) is 29.5 Å². The Morgan fingerprint density at radius 3 is 2.02 bits per heavy atom. The van der Waals surface area contributed by atoms with Crippen LogP contribution in [0.25, 0.3) is 0 Å². The van der Waals surface area contributed by atoms with Gasteiger partial charge in [0.2, 0.25) is 11.8 Å². The van der Waals surface area contributed by atoms with Crippen molar-refractivity contribution in [3.05, 3.63) is 102 Å². The van der Waals surface area contributed by atoms with E-state index < -0.39 is 41.7 Å². The Bertz CT molecular complexity index is 1260. The molecule has 0 spiro atoms. The molecule has 3 rings (SSSR count). The Morgan fingerprint density at radius 2 is 1.40 bits per heavy atom. The van der Waals surface area contributed by atoms with Crippen LogP contribution < -0.4 is 16.0 Å². The van der Waals surface area contributed by atoms with Gasteiger partial charge in [0.25, 0.3) is 0 Å². The van der Waals surface area contributed by atoms with Gasteiger partial charge in [0.1, 0.15) is 12.1 Å². The van der Waals surface area contributed by atoms with Gasteiger partial charge in [-0.3, -0.25) is 9.59 Å². The predicted molar refractivity (Wildman–Crippen MR) is 142 cm³/mol. The summed E-state index contributed by atoms with van der Waals surface area (Å²) in [6, 6.07) is 20.2. The van der Waals surface area contributed by atoms with Crippen LogP contribution in [0.15, 0.2) is 84.9 Å². The van der Waals surface area contributed by atoms with Crippen molar-refractivity contribution >= 4 is 23.6 Å². The van der Waals surface area contributed by atoms with Gasteiger partial charge in [-0.15, -0.1) is 0 Å². The van der Waals surface area contributed by atoms with Crippen LogP contribution >= 0.6 is 0 Å². The van der Waals surface area contributed by atoms with Crippen LogP contribution in [-0.4, -0.2) is 41.7 Å². The number of anilines is 1. The average Bonchev–Trinajstić information content (AvgIpc) is 2.93. The number of ether oxygens (including phenoxy) is 1. The second-order valence-corrected chi connectivity index (χ2v) is 8.98. The number of nitrogens with one attached hydrogen (secondary N) is 3. The van der Waals surface area contributed by atoms with Crippen molar-refractivity contribution < 1.29 is 37.4 Å². The Hall–Kier alpha value is -4.38. The molecule has 0 fully saturated rings. The van der Waals surface area contributed by atoms with Crippen molar-refractivity contribution in [3.63, 3.8) is 0 Å². The number of benzene rings is 3. The van der Waals surface area contributed by atoms with Gasteiger partial charge >= 0.3 is 12.3 Å². The van der Waals surface area contributed by atoms with Gasteiger partial charge in [-0.05, 0) is 42.2 Å². The summed E-state index contributed by atoms with van der Waals surface area (Å²) in [4.78, 5) is 37.6. The van der Waals surface area contributed by atoms with Crippen LogP contribution in [0.2, 0.25) is 0 Å². The molecule has 0 aliphatic heterocycles. The number of carbonyl (C=O) groups excluding carboxylic acids is 2. The molecule has 0 aromatic heterocycles. The number of hydrogen-bond donors (Lipinski definition) is 4. The number of amides is 3. The molecule has 11 heteroatoms. The van der Waals surface area contributed by atoms with E-state index in [-0.39, 0.29) is 31.7 Å². The van der Waals surface area contributed by atoms with Gasteiger partial charge < -0.3 is 25.8 Å². The fourth-order valence-electron chi connectivity index (χ4n) is 3.88. The van der Waals surface area contributed by atoms with E-state index >= 15 is 0 Å². The third kappa shape index (κ3) is 10.1. The molecule has 0 aliphatic rings. The number of rotatable bonds is 13. The highest BCUT2D eigenvalue weighted by Crippen LogP contribution is 2.30. The van der Waals surface area contributed by atoms with Gasteiger partial charge in [0, 0.05) is 18.7 Å². The summed E-state index contributed by atoms with van der Waals surface area (Å²) in [5, 5.41) is 16.4.